The van der Waals surface area contributed by atoms with E-state index in [1.54, 1.807) is 18.2 Å². The highest BCUT2D eigenvalue weighted by Crippen LogP contribution is 2.24. The van der Waals surface area contributed by atoms with Crippen LogP contribution in [-0.4, -0.2) is 30.9 Å². The Hall–Kier alpha value is -1.95. The van der Waals surface area contributed by atoms with E-state index in [-0.39, 0.29) is 17.5 Å². The molecule has 1 aliphatic heterocycles. The van der Waals surface area contributed by atoms with Crippen LogP contribution in [0.4, 0.5) is 10.1 Å². The van der Waals surface area contributed by atoms with Gasteiger partial charge >= 0.3 is 0 Å². The number of anilines is 1. The Morgan fingerprint density at radius 3 is 2.74 bits per heavy atom. The van der Waals surface area contributed by atoms with E-state index in [0.29, 0.717) is 25.9 Å². The molecule has 0 bridgehead atoms. The summed E-state index contributed by atoms with van der Waals surface area (Å²) in [7, 11) is 0. The van der Waals surface area contributed by atoms with Gasteiger partial charge in [0.2, 0.25) is 11.8 Å². The third-order valence-electron chi connectivity index (χ3n) is 4.04. The number of benzene rings is 1. The Morgan fingerprint density at radius 2 is 2.00 bits per heavy atom. The molecule has 0 aliphatic carbocycles. The molecule has 1 aromatic rings. The van der Waals surface area contributed by atoms with E-state index in [4.69, 9.17) is 5.73 Å². The summed E-state index contributed by atoms with van der Waals surface area (Å²) in [5, 5.41) is 2.76. The fraction of sp³-hybridized carbons (Fsp3) is 0.529. The molecular weight excluding hydrogens is 297 g/mol. The molecule has 0 saturated carbocycles. The Bertz CT molecular complexity index is 550. The second-order valence-corrected chi connectivity index (χ2v) is 5.80. The minimum atomic E-state index is -0.550. The van der Waals surface area contributed by atoms with Crippen molar-refractivity contribution < 1.29 is 14.0 Å². The molecule has 3 N–H and O–H groups in total. The molecule has 23 heavy (non-hydrogen) atoms. The lowest BCUT2D eigenvalue weighted by Gasteiger charge is -2.17. The highest BCUT2D eigenvalue weighted by Gasteiger charge is 2.34. The van der Waals surface area contributed by atoms with E-state index in [1.165, 1.54) is 11.0 Å². The van der Waals surface area contributed by atoms with Crippen LogP contribution in [0.15, 0.2) is 24.3 Å². The first-order valence-corrected chi connectivity index (χ1v) is 8.19. The lowest BCUT2D eigenvalue weighted by molar-refractivity contribution is -0.126. The summed E-state index contributed by atoms with van der Waals surface area (Å²) in [5.41, 5.74) is 5.69. The standard InChI is InChI=1S/C17H24FN3O2/c18-13-7-4-5-8-15(13)21-12-10-14(17(21)23)20-16(22)9-3-1-2-6-11-19/h4-5,7-8,14H,1-3,6,9-12,19H2,(H,20,22). The molecule has 126 valence electrons. The maximum atomic E-state index is 13.8. The van der Waals surface area contributed by atoms with Crippen molar-refractivity contribution in [1.29, 1.82) is 0 Å². The SMILES string of the molecule is NCCCCCCC(=O)NC1CCN(c2ccccc2F)C1=O. The van der Waals surface area contributed by atoms with Gasteiger partial charge < -0.3 is 16.0 Å². The summed E-state index contributed by atoms with van der Waals surface area (Å²) in [5.74, 6) is -0.786. The maximum Gasteiger partial charge on any atom is 0.249 e. The number of nitrogens with zero attached hydrogens (tertiary/aromatic N) is 1. The molecule has 1 aromatic carbocycles. The van der Waals surface area contributed by atoms with Crippen molar-refractivity contribution in [3.05, 3.63) is 30.1 Å². The van der Waals surface area contributed by atoms with Gasteiger partial charge in [-0.15, -0.1) is 0 Å². The van der Waals surface area contributed by atoms with Gasteiger partial charge in [-0.25, -0.2) is 4.39 Å². The van der Waals surface area contributed by atoms with Crippen molar-refractivity contribution in [3.63, 3.8) is 0 Å². The zero-order valence-electron chi connectivity index (χ0n) is 13.3. The number of hydrogen-bond donors (Lipinski definition) is 2. The molecule has 1 heterocycles. The van der Waals surface area contributed by atoms with Gasteiger partial charge in [-0.2, -0.15) is 0 Å². The van der Waals surface area contributed by atoms with Crippen molar-refractivity contribution >= 4 is 17.5 Å². The average Bonchev–Trinajstić information content (AvgIpc) is 2.89. The lowest BCUT2D eigenvalue weighted by atomic mass is 10.1. The Labute approximate surface area is 136 Å². The first-order valence-electron chi connectivity index (χ1n) is 8.19. The maximum absolute atomic E-state index is 13.8. The van der Waals surface area contributed by atoms with Crippen LogP contribution < -0.4 is 16.0 Å². The van der Waals surface area contributed by atoms with Gasteiger partial charge in [0.1, 0.15) is 11.9 Å². The Balaban J connectivity index is 1.80. The van der Waals surface area contributed by atoms with Crippen molar-refractivity contribution in [2.45, 2.75) is 44.6 Å². The third-order valence-corrected chi connectivity index (χ3v) is 4.04. The van der Waals surface area contributed by atoms with E-state index >= 15 is 0 Å². The summed E-state index contributed by atoms with van der Waals surface area (Å²) >= 11 is 0. The highest BCUT2D eigenvalue weighted by molar-refractivity contribution is 6.01. The van der Waals surface area contributed by atoms with Gasteiger partial charge in [-0.05, 0) is 37.9 Å². The number of halogens is 1. The summed E-state index contributed by atoms with van der Waals surface area (Å²) in [6, 6.07) is 5.64. The van der Waals surface area contributed by atoms with Gasteiger partial charge in [0.15, 0.2) is 0 Å². The normalized spacial score (nSPS) is 17.6. The fourth-order valence-corrected chi connectivity index (χ4v) is 2.77. The van der Waals surface area contributed by atoms with Crippen molar-refractivity contribution in [1.82, 2.24) is 5.32 Å². The largest absolute Gasteiger partial charge is 0.344 e. The summed E-state index contributed by atoms with van der Waals surface area (Å²) in [4.78, 5) is 25.7. The van der Waals surface area contributed by atoms with E-state index in [9.17, 15) is 14.0 Å². The van der Waals surface area contributed by atoms with Crippen LogP contribution in [0.3, 0.4) is 0 Å². The van der Waals surface area contributed by atoms with Crippen LogP contribution in [-0.2, 0) is 9.59 Å². The Morgan fingerprint density at radius 1 is 1.26 bits per heavy atom. The molecular formula is C17H24FN3O2. The third kappa shape index (κ3) is 4.76. The zero-order valence-corrected chi connectivity index (χ0v) is 13.3. The second-order valence-electron chi connectivity index (χ2n) is 5.80. The fourth-order valence-electron chi connectivity index (χ4n) is 2.77. The second kappa shape index (κ2) is 8.62. The average molecular weight is 321 g/mol. The molecule has 6 heteroatoms. The summed E-state index contributed by atoms with van der Waals surface area (Å²) < 4.78 is 13.8. The Kier molecular flexibility index (Phi) is 6.52. The van der Waals surface area contributed by atoms with Gasteiger partial charge in [0.25, 0.3) is 0 Å². The topological polar surface area (TPSA) is 75.4 Å². The molecule has 0 spiro atoms. The van der Waals surface area contributed by atoms with E-state index < -0.39 is 11.9 Å². The van der Waals surface area contributed by atoms with Crippen LogP contribution in [0, 0.1) is 5.82 Å². The van der Waals surface area contributed by atoms with Crippen molar-refractivity contribution in [3.8, 4) is 0 Å². The molecule has 2 amide bonds. The molecule has 1 fully saturated rings. The van der Waals surface area contributed by atoms with E-state index in [1.807, 2.05) is 0 Å². The van der Waals surface area contributed by atoms with E-state index in [2.05, 4.69) is 5.32 Å². The molecule has 1 unspecified atom stereocenters. The quantitative estimate of drug-likeness (QED) is 0.719. The first kappa shape index (κ1) is 17.4. The predicted molar refractivity (Wildman–Crippen MR) is 87.4 cm³/mol. The van der Waals surface area contributed by atoms with E-state index in [0.717, 1.165) is 25.7 Å². The summed E-state index contributed by atoms with van der Waals surface area (Å²) in [6.45, 7) is 1.09. The molecule has 0 radical (unpaired) electrons. The van der Waals surface area contributed by atoms with Gasteiger partial charge in [-0.1, -0.05) is 25.0 Å². The number of nitrogens with two attached hydrogens (primary N) is 1. The zero-order chi connectivity index (χ0) is 16.7. The molecule has 1 aliphatic rings. The number of rotatable bonds is 8. The van der Waals surface area contributed by atoms with Gasteiger partial charge in [0.05, 0.1) is 5.69 Å². The molecule has 5 nitrogen and oxygen atoms in total. The number of unbranched alkanes of at least 4 members (excludes halogenated alkanes) is 3. The molecule has 2 rings (SSSR count). The number of carbonyl (C=O) groups excluding carboxylic acids is 2. The van der Waals surface area contributed by atoms with Gasteiger partial charge in [-0.3, -0.25) is 9.59 Å². The number of hydrogen-bond acceptors (Lipinski definition) is 3. The number of carbonyl (C=O) groups is 2. The minimum absolute atomic E-state index is 0.119. The number of nitrogens with one attached hydrogen (secondary N) is 1. The molecule has 1 atom stereocenters. The number of para-hydroxylation sites is 1. The lowest BCUT2D eigenvalue weighted by Crippen LogP contribution is -2.41. The monoisotopic (exact) mass is 321 g/mol. The predicted octanol–water partition coefficient (Wildman–Crippen LogP) is 1.96. The van der Waals surface area contributed by atoms with Crippen LogP contribution in [0.5, 0.6) is 0 Å². The minimum Gasteiger partial charge on any atom is -0.344 e. The first-order chi connectivity index (χ1) is 11.1. The van der Waals surface area contributed by atoms with Crippen LogP contribution in [0.1, 0.15) is 38.5 Å². The summed E-state index contributed by atoms with van der Waals surface area (Å²) in [6.07, 6.45) is 4.67. The van der Waals surface area contributed by atoms with Crippen LogP contribution in [0.2, 0.25) is 0 Å². The van der Waals surface area contributed by atoms with Crippen LogP contribution >= 0.6 is 0 Å². The van der Waals surface area contributed by atoms with Crippen molar-refractivity contribution in [2.75, 3.05) is 18.0 Å². The molecule has 0 aromatic heterocycles. The van der Waals surface area contributed by atoms with Crippen LogP contribution in [0.25, 0.3) is 0 Å². The smallest absolute Gasteiger partial charge is 0.249 e. The number of amides is 2. The highest BCUT2D eigenvalue weighted by atomic mass is 19.1. The van der Waals surface area contributed by atoms with Crippen molar-refractivity contribution in [2.24, 2.45) is 5.73 Å². The van der Waals surface area contributed by atoms with Gasteiger partial charge in [0, 0.05) is 13.0 Å². The molecule has 1 saturated heterocycles.